The third-order valence-corrected chi connectivity index (χ3v) is 11.2. The van der Waals surface area contributed by atoms with Gasteiger partial charge in [0.15, 0.2) is 0 Å². The largest absolute Gasteiger partial charge is 0.456 e. The molecule has 5 heteroatoms. The van der Waals surface area contributed by atoms with Crippen LogP contribution in [-0.2, 0) is 0 Å². The average molecular weight is 692 g/mol. The highest BCUT2D eigenvalue weighted by Gasteiger charge is 2.21. The van der Waals surface area contributed by atoms with E-state index >= 15 is 4.79 Å². The number of benzene rings is 8. The van der Waals surface area contributed by atoms with Crippen molar-refractivity contribution in [3.63, 3.8) is 0 Å². The van der Waals surface area contributed by atoms with Crippen molar-refractivity contribution in [2.75, 3.05) is 0 Å². The Kier molecular flexibility index (Phi) is 5.86. The quantitative estimate of drug-likeness (QED) is 0.173. The topological polar surface area (TPSA) is 45.0 Å². The van der Waals surface area contributed by atoms with E-state index in [-0.39, 0.29) is 5.56 Å². The van der Waals surface area contributed by atoms with Gasteiger partial charge in [-0.15, -0.1) is 0 Å². The van der Waals surface area contributed by atoms with Gasteiger partial charge in [0.1, 0.15) is 11.2 Å². The molecule has 0 fully saturated rings. The standard InChI is InChI=1S/C49H29N3O2/c53-49-41-29-45-38(33-17-7-10-20-42(33)50(45)30-13-3-1-4-14-30)26-37(41)40-28-44-39(27-46(40)52(49)31-15-5-2-6-16-31)34-18-8-11-21-43(34)51(44)32-23-24-36-35-19-9-12-22-47(35)54-48(36)25-32/h1-29H. The first-order valence-electron chi connectivity index (χ1n) is 18.2. The highest BCUT2D eigenvalue weighted by atomic mass is 16.3. The molecule has 0 atom stereocenters. The molecule has 12 rings (SSSR count). The van der Waals surface area contributed by atoms with Crippen LogP contribution in [0.15, 0.2) is 185 Å². The first kappa shape index (κ1) is 29.2. The van der Waals surface area contributed by atoms with Crippen LogP contribution in [0.4, 0.5) is 0 Å². The first-order chi connectivity index (χ1) is 26.7. The molecule has 0 saturated heterocycles. The molecule has 0 aliphatic heterocycles. The van der Waals surface area contributed by atoms with E-state index in [1.807, 2.05) is 53.1 Å². The minimum Gasteiger partial charge on any atom is -0.456 e. The number of hydrogen-bond donors (Lipinski definition) is 0. The Hall–Kier alpha value is -7.37. The number of pyridine rings is 1. The van der Waals surface area contributed by atoms with E-state index in [4.69, 9.17) is 4.42 Å². The fourth-order valence-electron chi connectivity index (χ4n) is 8.87. The normalized spacial score (nSPS) is 12.1. The summed E-state index contributed by atoms with van der Waals surface area (Å²) in [6.07, 6.45) is 0. The van der Waals surface area contributed by atoms with Gasteiger partial charge in [-0.1, -0.05) is 91.0 Å². The fourth-order valence-corrected chi connectivity index (χ4v) is 8.87. The molecular formula is C49H29N3O2. The van der Waals surface area contributed by atoms with Crippen LogP contribution in [-0.4, -0.2) is 13.7 Å². The average Bonchev–Trinajstić information content (AvgIpc) is 3.87. The van der Waals surface area contributed by atoms with Crippen LogP contribution in [0, 0.1) is 0 Å². The highest BCUT2D eigenvalue weighted by Crippen LogP contribution is 2.41. The summed E-state index contributed by atoms with van der Waals surface area (Å²) in [5.41, 5.74) is 9.70. The number of para-hydroxylation sites is 5. The van der Waals surface area contributed by atoms with Crippen molar-refractivity contribution in [3.05, 3.63) is 186 Å². The minimum atomic E-state index is -0.0473. The van der Waals surface area contributed by atoms with Gasteiger partial charge in [-0.3, -0.25) is 9.36 Å². The molecule has 0 aliphatic rings. The third kappa shape index (κ3) is 3.95. The van der Waals surface area contributed by atoms with Crippen LogP contribution in [0.5, 0.6) is 0 Å². The van der Waals surface area contributed by atoms with E-state index < -0.39 is 0 Å². The van der Waals surface area contributed by atoms with E-state index in [9.17, 15) is 0 Å². The van der Waals surface area contributed by atoms with Crippen molar-refractivity contribution >= 4 is 87.2 Å². The summed E-state index contributed by atoms with van der Waals surface area (Å²) in [6, 6.07) is 61.0. The van der Waals surface area contributed by atoms with E-state index in [0.717, 1.165) is 98.9 Å². The van der Waals surface area contributed by atoms with E-state index in [0.29, 0.717) is 5.39 Å². The van der Waals surface area contributed by atoms with E-state index in [1.54, 1.807) is 0 Å². The molecule has 4 aromatic heterocycles. The van der Waals surface area contributed by atoms with Crippen LogP contribution in [0.25, 0.3) is 104 Å². The van der Waals surface area contributed by atoms with Gasteiger partial charge in [0.2, 0.25) is 0 Å². The van der Waals surface area contributed by atoms with Crippen LogP contribution < -0.4 is 5.56 Å². The molecule has 0 aliphatic carbocycles. The highest BCUT2D eigenvalue weighted by molar-refractivity contribution is 6.21. The Labute approximate surface area is 307 Å². The number of aromatic nitrogens is 3. The summed E-state index contributed by atoms with van der Waals surface area (Å²) in [7, 11) is 0. The fraction of sp³-hybridized carbons (Fsp3) is 0. The lowest BCUT2D eigenvalue weighted by Crippen LogP contribution is -2.19. The van der Waals surface area contributed by atoms with Crippen LogP contribution >= 0.6 is 0 Å². The van der Waals surface area contributed by atoms with Gasteiger partial charge in [0, 0.05) is 60.8 Å². The third-order valence-electron chi connectivity index (χ3n) is 11.2. The zero-order valence-corrected chi connectivity index (χ0v) is 28.9. The zero-order valence-electron chi connectivity index (χ0n) is 28.9. The van der Waals surface area contributed by atoms with Gasteiger partial charge < -0.3 is 13.6 Å². The number of nitrogens with zero attached hydrogens (tertiary/aromatic N) is 3. The molecule has 4 heterocycles. The molecule has 0 saturated carbocycles. The second-order valence-electron chi connectivity index (χ2n) is 14.1. The molecule has 5 nitrogen and oxygen atoms in total. The lowest BCUT2D eigenvalue weighted by atomic mass is 10.0. The molecule has 0 amide bonds. The molecule has 12 aromatic rings. The number of hydrogen-bond acceptors (Lipinski definition) is 2. The van der Waals surface area contributed by atoms with Crippen molar-refractivity contribution in [1.82, 2.24) is 13.7 Å². The van der Waals surface area contributed by atoms with Gasteiger partial charge in [-0.05, 0) is 84.2 Å². The number of furan rings is 1. The second kappa shape index (κ2) is 10.8. The maximum absolute atomic E-state index is 15.0. The summed E-state index contributed by atoms with van der Waals surface area (Å²) in [4.78, 5) is 15.0. The maximum atomic E-state index is 15.0. The second-order valence-corrected chi connectivity index (χ2v) is 14.1. The number of fused-ring (bicyclic) bond motifs is 12. The molecule has 8 aromatic carbocycles. The molecule has 0 bridgehead atoms. The summed E-state index contributed by atoms with van der Waals surface area (Å²) in [5.74, 6) is 0. The molecule has 0 spiro atoms. The van der Waals surface area contributed by atoms with Crippen molar-refractivity contribution in [1.29, 1.82) is 0 Å². The van der Waals surface area contributed by atoms with Crippen LogP contribution in [0.3, 0.4) is 0 Å². The van der Waals surface area contributed by atoms with Gasteiger partial charge in [0.25, 0.3) is 5.56 Å². The predicted octanol–water partition coefficient (Wildman–Crippen LogP) is 12.2. The van der Waals surface area contributed by atoms with Crippen LogP contribution in [0.2, 0.25) is 0 Å². The Bertz CT molecular complexity index is 3570. The molecule has 252 valence electrons. The molecular weight excluding hydrogens is 663 g/mol. The lowest BCUT2D eigenvalue weighted by Gasteiger charge is -2.15. The maximum Gasteiger partial charge on any atom is 0.263 e. The SMILES string of the molecule is O=c1c2cc3c(cc2c2cc4c(cc2n1-c1ccccc1)c1ccccc1n4-c1ccc2c(c1)oc1ccccc12)c1ccccc1n3-c1ccccc1. The molecule has 54 heavy (non-hydrogen) atoms. The summed E-state index contributed by atoms with van der Waals surface area (Å²) in [6.45, 7) is 0. The van der Waals surface area contributed by atoms with Crippen molar-refractivity contribution in [2.24, 2.45) is 0 Å². The van der Waals surface area contributed by atoms with Crippen LogP contribution in [0.1, 0.15) is 0 Å². The Morgan fingerprint density at radius 1 is 0.296 bits per heavy atom. The summed E-state index contributed by atoms with van der Waals surface area (Å²) < 4.78 is 12.9. The van der Waals surface area contributed by atoms with Crippen molar-refractivity contribution in [2.45, 2.75) is 0 Å². The van der Waals surface area contributed by atoms with Crippen molar-refractivity contribution < 1.29 is 4.42 Å². The Morgan fingerprint density at radius 3 is 1.46 bits per heavy atom. The smallest absolute Gasteiger partial charge is 0.263 e. The van der Waals surface area contributed by atoms with Gasteiger partial charge in [0.05, 0.1) is 33.0 Å². The summed E-state index contributed by atoms with van der Waals surface area (Å²) >= 11 is 0. The van der Waals surface area contributed by atoms with E-state index in [2.05, 4.69) is 137 Å². The molecule has 0 N–H and O–H groups in total. The minimum absolute atomic E-state index is 0.0473. The van der Waals surface area contributed by atoms with Gasteiger partial charge >= 0.3 is 0 Å². The monoisotopic (exact) mass is 691 g/mol. The zero-order chi connectivity index (χ0) is 35.5. The lowest BCUT2D eigenvalue weighted by molar-refractivity contribution is 0.668. The molecule has 0 unspecified atom stereocenters. The van der Waals surface area contributed by atoms with Gasteiger partial charge in [-0.2, -0.15) is 0 Å². The molecule has 0 radical (unpaired) electrons. The van der Waals surface area contributed by atoms with Gasteiger partial charge in [-0.25, -0.2) is 0 Å². The summed E-state index contributed by atoms with van der Waals surface area (Å²) in [5, 5.41) is 9.26. The number of rotatable bonds is 3. The first-order valence-corrected chi connectivity index (χ1v) is 18.2. The Morgan fingerprint density at radius 2 is 0.778 bits per heavy atom. The predicted molar refractivity (Wildman–Crippen MR) is 223 cm³/mol. The Balaban J connectivity index is 1.25. The van der Waals surface area contributed by atoms with E-state index in [1.165, 1.54) is 0 Å². The van der Waals surface area contributed by atoms with Crippen molar-refractivity contribution in [3.8, 4) is 17.1 Å².